The van der Waals surface area contributed by atoms with E-state index in [1.165, 1.54) is 6.92 Å². The molecule has 0 heterocycles. The highest BCUT2D eigenvalue weighted by atomic mass is 16.5. The molecule has 7 nitrogen and oxygen atoms in total. The molecule has 4 N–H and O–H groups in total. The van der Waals surface area contributed by atoms with Crippen molar-refractivity contribution >= 4 is 23.4 Å². The molecule has 2 rings (SSSR count). The second kappa shape index (κ2) is 9.63. The summed E-state index contributed by atoms with van der Waals surface area (Å²) in [6.45, 7) is 1.62. The minimum atomic E-state index is -0.574. The van der Waals surface area contributed by atoms with E-state index in [1.807, 2.05) is 0 Å². The molecule has 0 aliphatic heterocycles. The third kappa shape index (κ3) is 6.21. The fourth-order valence-electron chi connectivity index (χ4n) is 2.16. The molecular formula is C20H19N3O4. The Labute approximate surface area is 156 Å². The second-order valence-corrected chi connectivity index (χ2v) is 5.44. The highest BCUT2D eigenvalue weighted by Gasteiger charge is 2.07. The number of nitrogens with one attached hydrogen (secondary N) is 2. The van der Waals surface area contributed by atoms with Gasteiger partial charge in [0.05, 0.1) is 12.1 Å². The van der Waals surface area contributed by atoms with E-state index in [0.29, 0.717) is 17.0 Å². The molecule has 0 aliphatic rings. The lowest BCUT2D eigenvalue weighted by molar-refractivity contribution is -0.114. The average Bonchev–Trinajstić information content (AvgIpc) is 2.64. The molecule has 27 heavy (non-hydrogen) atoms. The van der Waals surface area contributed by atoms with Gasteiger partial charge in [0.1, 0.15) is 12.4 Å². The van der Waals surface area contributed by atoms with Gasteiger partial charge in [0.2, 0.25) is 5.91 Å². The Kier molecular flexibility index (Phi) is 6.97. The summed E-state index contributed by atoms with van der Waals surface area (Å²) < 4.78 is 5.41. The molecule has 7 heteroatoms. The largest absolute Gasteiger partial charge is 0.480 e. The maximum atomic E-state index is 12.0. The summed E-state index contributed by atoms with van der Waals surface area (Å²) in [6, 6.07) is 13.1. The number of benzene rings is 2. The number of para-hydroxylation sites is 1. The van der Waals surface area contributed by atoms with Crippen LogP contribution in [0.1, 0.15) is 27.6 Å². The van der Waals surface area contributed by atoms with Crippen molar-refractivity contribution in [2.24, 2.45) is 5.73 Å². The van der Waals surface area contributed by atoms with Crippen LogP contribution in [0.25, 0.3) is 0 Å². The van der Waals surface area contributed by atoms with Gasteiger partial charge in [-0.15, -0.1) is 0 Å². The van der Waals surface area contributed by atoms with Gasteiger partial charge < -0.3 is 21.1 Å². The molecule has 0 saturated heterocycles. The number of primary amides is 1. The fraction of sp³-hybridized carbons (Fsp3) is 0.150. The Hall–Kier alpha value is -3.79. The fourth-order valence-corrected chi connectivity index (χ4v) is 2.16. The van der Waals surface area contributed by atoms with E-state index in [4.69, 9.17) is 10.5 Å². The van der Waals surface area contributed by atoms with E-state index in [2.05, 4.69) is 22.5 Å². The van der Waals surface area contributed by atoms with Gasteiger partial charge >= 0.3 is 0 Å². The van der Waals surface area contributed by atoms with Gasteiger partial charge in [0.15, 0.2) is 0 Å². The van der Waals surface area contributed by atoms with Crippen molar-refractivity contribution in [2.45, 2.75) is 6.92 Å². The molecule has 0 saturated carbocycles. The number of hydrogen-bond acceptors (Lipinski definition) is 4. The van der Waals surface area contributed by atoms with Gasteiger partial charge in [-0.25, -0.2) is 0 Å². The predicted octanol–water partition coefficient (Wildman–Crippen LogP) is 1.56. The van der Waals surface area contributed by atoms with Crippen LogP contribution in [0.15, 0.2) is 48.5 Å². The first kappa shape index (κ1) is 19.5. The molecule has 3 amide bonds. The molecule has 0 aromatic heterocycles. The summed E-state index contributed by atoms with van der Waals surface area (Å²) in [4.78, 5) is 34.2. The third-order valence-electron chi connectivity index (χ3n) is 3.38. The Morgan fingerprint density at radius 1 is 1.04 bits per heavy atom. The van der Waals surface area contributed by atoms with Crippen LogP contribution in [0.3, 0.4) is 0 Å². The Morgan fingerprint density at radius 3 is 2.41 bits per heavy atom. The van der Waals surface area contributed by atoms with Crippen molar-refractivity contribution in [3.8, 4) is 17.6 Å². The quantitative estimate of drug-likeness (QED) is 0.675. The Morgan fingerprint density at radius 2 is 1.74 bits per heavy atom. The molecule has 0 atom stereocenters. The molecule has 0 aliphatic carbocycles. The van der Waals surface area contributed by atoms with E-state index in [9.17, 15) is 14.4 Å². The normalized spacial score (nSPS) is 9.52. The van der Waals surface area contributed by atoms with Crippen LogP contribution >= 0.6 is 0 Å². The van der Waals surface area contributed by atoms with Crippen LogP contribution in [0.5, 0.6) is 5.75 Å². The SMILES string of the molecule is CC(=O)Nc1ccc(C(=O)NCC#CCOc2ccccc2C(N)=O)cc1. The van der Waals surface area contributed by atoms with Gasteiger partial charge in [0.25, 0.3) is 11.8 Å². The molecular weight excluding hydrogens is 346 g/mol. The van der Waals surface area contributed by atoms with Crippen molar-refractivity contribution < 1.29 is 19.1 Å². The van der Waals surface area contributed by atoms with Gasteiger partial charge in [-0.2, -0.15) is 0 Å². The predicted molar refractivity (Wildman–Crippen MR) is 101 cm³/mol. The van der Waals surface area contributed by atoms with Gasteiger partial charge in [-0.05, 0) is 36.4 Å². The Bertz CT molecular complexity index is 895. The summed E-state index contributed by atoms with van der Waals surface area (Å²) in [5.74, 6) is 4.85. The molecule has 0 radical (unpaired) electrons. The first-order valence-corrected chi connectivity index (χ1v) is 8.10. The average molecular weight is 365 g/mol. The monoisotopic (exact) mass is 365 g/mol. The smallest absolute Gasteiger partial charge is 0.252 e. The lowest BCUT2D eigenvalue weighted by atomic mass is 10.2. The zero-order valence-electron chi connectivity index (χ0n) is 14.7. The number of carbonyl (C=O) groups is 3. The Balaban J connectivity index is 1.79. The van der Waals surface area contributed by atoms with E-state index >= 15 is 0 Å². The zero-order chi connectivity index (χ0) is 19.6. The molecule has 0 spiro atoms. The number of carbonyl (C=O) groups excluding carboxylic acids is 3. The minimum absolute atomic E-state index is 0.0611. The maximum Gasteiger partial charge on any atom is 0.252 e. The summed E-state index contributed by atoms with van der Waals surface area (Å²) in [5, 5.41) is 5.28. The van der Waals surface area contributed by atoms with E-state index in [-0.39, 0.29) is 30.5 Å². The first-order chi connectivity index (χ1) is 13.0. The van der Waals surface area contributed by atoms with Crippen LogP contribution < -0.4 is 21.1 Å². The topological polar surface area (TPSA) is 111 Å². The van der Waals surface area contributed by atoms with Crippen LogP contribution in [0, 0.1) is 11.8 Å². The lowest BCUT2D eigenvalue weighted by Gasteiger charge is -2.06. The molecule has 0 unspecified atom stereocenters. The number of rotatable bonds is 6. The van der Waals surface area contributed by atoms with Gasteiger partial charge in [-0.1, -0.05) is 24.0 Å². The van der Waals surface area contributed by atoms with Crippen LogP contribution in [-0.4, -0.2) is 30.9 Å². The molecule has 2 aromatic rings. The summed E-state index contributed by atoms with van der Waals surface area (Å²) >= 11 is 0. The van der Waals surface area contributed by atoms with E-state index < -0.39 is 5.91 Å². The molecule has 2 aromatic carbocycles. The van der Waals surface area contributed by atoms with Crippen LogP contribution in [-0.2, 0) is 4.79 Å². The minimum Gasteiger partial charge on any atom is -0.480 e. The van der Waals surface area contributed by atoms with E-state index in [0.717, 1.165) is 0 Å². The molecule has 138 valence electrons. The number of nitrogens with two attached hydrogens (primary N) is 1. The highest BCUT2D eigenvalue weighted by molar-refractivity contribution is 5.96. The number of anilines is 1. The highest BCUT2D eigenvalue weighted by Crippen LogP contribution is 2.16. The van der Waals surface area contributed by atoms with Crippen molar-refractivity contribution in [3.05, 3.63) is 59.7 Å². The van der Waals surface area contributed by atoms with Crippen molar-refractivity contribution in [1.29, 1.82) is 0 Å². The van der Waals surface area contributed by atoms with Gasteiger partial charge in [0, 0.05) is 18.2 Å². The van der Waals surface area contributed by atoms with Crippen molar-refractivity contribution in [3.63, 3.8) is 0 Å². The molecule has 0 bridgehead atoms. The number of ether oxygens (including phenoxy) is 1. The lowest BCUT2D eigenvalue weighted by Crippen LogP contribution is -2.23. The maximum absolute atomic E-state index is 12.0. The van der Waals surface area contributed by atoms with E-state index in [1.54, 1.807) is 48.5 Å². The summed E-state index contributed by atoms with van der Waals surface area (Å²) in [5.41, 5.74) is 6.63. The van der Waals surface area contributed by atoms with Gasteiger partial charge in [-0.3, -0.25) is 14.4 Å². The second-order valence-electron chi connectivity index (χ2n) is 5.44. The van der Waals surface area contributed by atoms with Crippen LogP contribution in [0.2, 0.25) is 0 Å². The van der Waals surface area contributed by atoms with Crippen LogP contribution in [0.4, 0.5) is 5.69 Å². The number of hydrogen-bond donors (Lipinski definition) is 3. The first-order valence-electron chi connectivity index (χ1n) is 8.10. The third-order valence-corrected chi connectivity index (χ3v) is 3.38. The van der Waals surface area contributed by atoms with Crippen molar-refractivity contribution in [2.75, 3.05) is 18.5 Å². The summed E-state index contributed by atoms with van der Waals surface area (Å²) in [7, 11) is 0. The molecule has 0 fully saturated rings. The zero-order valence-corrected chi connectivity index (χ0v) is 14.7. The van der Waals surface area contributed by atoms with Crippen molar-refractivity contribution in [1.82, 2.24) is 5.32 Å². The summed E-state index contributed by atoms with van der Waals surface area (Å²) in [6.07, 6.45) is 0. The standard InChI is InChI=1S/C20H19N3O4/c1-14(24)23-16-10-8-15(9-11-16)20(26)22-12-4-5-13-27-18-7-3-2-6-17(18)19(21)25/h2-3,6-11H,12-13H2,1H3,(H2,21,25)(H,22,26)(H,23,24). The number of amides is 3.